The SMILES string of the molecule is Cc1ccc(-n2nnnc2SCc2ccccc2C#N)cc1. The first-order valence-electron chi connectivity index (χ1n) is 6.74. The molecule has 3 rings (SSSR count). The Hall–Kier alpha value is -2.65. The third-order valence-corrected chi connectivity index (χ3v) is 4.18. The van der Waals surface area contributed by atoms with E-state index in [2.05, 4.69) is 21.6 Å². The first-order valence-corrected chi connectivity index (χ1v) is 7.73. The molecule has 0 spiro atoms. The molecule has 0 N–H and O–H groups in total. The summed E-state index contributed by atoms with van der Waals surface area (Å²) < 4.78 is 1.71. The highest BCUT2D eigenvalue weighted by Crippen LogP contribution is 2.24. The second-order valence-corrected chi connectivity index (χ2v) is 5.71. The Kier molecular flexibility index (Phi) is 4.17. The summed E-state index contributed by atoms with van der Waals surface area (Å²) in [5.41, 5.74) is 3.78. The number of thioether (sulfide) groups is 1. The fourth-order valence-corrected chi connectivity index (χ4v) is 2.91. The molecule has 0 bridgehead atoms. The van der Waals surface area contributed by atoms with Crippen molar-refractivity contribution in [2.75, 3.05) is 0 Å². The predicted octanol–water partition coefficient (Wildman–Crippen LogP) is 3.13. The number of benzene rings is 2. The molecule has 0 aliphatic rings. The molecule has 22 heavy (non-hydrogen) atoms. The van der Waals surface area contributed by atoms with Crippen molar-refractivity contribution in [3.05, 3.63) is 65.2 Å². The Morgan fingerprint density at radius 3 is 2.68 bits per heavy atom. The molecule has 0 aliphatic carbocycles. The lowest BCUT2D eigenvalue weighted by atomic mass is 10.1. The monoisotopic (exact) mass is 307 g/mol. The summed E-state index contributed by atoms with van der Waals surface area (Å²) in [6.45, 7) is 2.04. The van der Waals surface area contributed by atoms with E-state index >= 15 is 0 Å². The van der Waals surface area contributed by atoms with Crippen LogP contribution in [-0.2, 0) is 5.75 Å². The fraction of sp³-hybridized carbons (Fsp3) is 0.125. The number of rotatable bonds is 4. The molecule has 0 atom stereocenters. The van der Waals surface area contributed by atoms with E-state index < -0.39 is 0 Å². The average molecular weight is 307 g/mol. The number of hydrogen-bond donors (Lipinski definition) is 0. The molecule has 5 nitrogen and oxygen atoms in total. The topological polar surface area (TPSA) is 67.4 Å². The van der Waals surface area contributed by atoms with Crippen molar-refractivity contribution in [3.8, 4) is 11.8 Å². The second-order valence-electron chi connectivity index (χ2n) is 4.77. The van der Waals surface area contributed by atoms with Crippen LogP contribution in [0.2, 0.25) is 0 Å². The smallest absolute Gasteiger partial charge is 0.192 e. The van der Waals surface area contributed by atoms with Gasteiger partial charge in [0.25, 0.3) is 0 Å². The number of nitrogens with zero attached hydrogens (tertiary/aromatic N) is 5. The number of aryl methyl sites for hydroxylation is 1. The van der Waals surface area contributed by atoms with Gasteiger partial charge in [-0.2, -0.15) is 9.94 Å². The van der Waals surface area contributed by atoms with Gasteiger partial charge in [0, 0.05) is 5.75 Å². The lowest BCUT2D eigenvalue weighted by molar-refractivity contribution is 0.756. The van der Waals surface area contributed by atoms with Gasteiger partial charge in [-0.1, -0.05) is 47.7 Å². The maximum atomic E-state index is 9.13. The first-order chi connectivity index (χ1) is 10.8. The van der Waals surface area contributed by atoms with Gasteiger partial charge in [-0.3, -0.25) is 0 Å². The molecular formula is C16H13N5S. The van der Waals surface area contributed by atoms with Crippen LogP contribution in [0.1, 0.15) is 16.7 Å². The van der Waals surface area contributed by atoms with Crippen LogP contribution < -0.4 is 0 Å². The quantitative estimate of drug-likeness (QED) is 0.693. The summed E-state index contributed by atoms with van der Waals surface area (Å²) in [6, 6.07) is 17.8. The summed E-state index contributed by atoms with van der Waals surface area (Å²) in [7, 11) is 0. The molecule has 0 saturated carbocycles. The third kappa shape index (κ3) is 3.00. The van der Waals surface area contributed by atoms with Crippen molar-refractivity contribution in [1.82, 2.24) is 20.2 Å². The summed E-state index contributed by atoms with van der Waals surface area (Å²) in [5.74, 6) is 0.649. The molecule has 0 fully saturated rings. The van der Waals surface area contributed by atoms with Crippen LogP contribution in [0, 0.1) is 18.3 Å². The van der Waals surface area contributed by atoms with Gasteiger partial charge in [0.05, 0.1) is 17.3 Å². The molecule has 1 heterocycles. The van der Waals surface area contributed by atoms with Crippen molar-refractivity contribution in [2.24, 2.45) is 0 Å². The number of aromatic nitrogens is 4. The Labute approximate surface area is 132 Å². The lowest BCUT2D eigenvalue weighted by Crippen LogP contribution is -1.99. The van der Waals surface area contributed by atoms with Gasteiger partial charge in [-0.05, 0) is 41.1 Å². The number of nitriles is 1. The Balaban J connectivity index is 1.81. The molecule has 1 aromatic heterocycles. The van der Waals surface area contributed by atoms with E-state index in [1.807, 2.05) is 55.5 Å². The maximum absolute atomic E-state index is 9.13. The Morgan fingerprint density at radius 2 is 1.91 bits per heavy atom. The van der Waals surface area contributed by atoms with E-state index in [0.717, 1.165) is 11.3 Å². The zero-order valence-corrected chi connectivity index (χ0v) is 12.8. The molecule has 3 aromatic rings. The van der Waals surface area contributed by atoms with Gasteiger partial charge >= 0.3 is 0 Å². The molecule has 2 aromatic carbocycles. The maximum Gasteiger partial charge on any atom is 0.214 e. The van der Waals surface area contributed by atoms with Crippen molar-refractivity contribution < 1.29 is 0 Å². The van der Waals surface area contributed by atoms with E-state index in [9.17, 15) is 0 Å². The van der Waals surface area contributed by atoms with E-state index in [4.69, 9.17) is 5.26 Å². The van der Waals surface area contributed by atoms with Gasteiger partial charge in [0.2, 0.25) is 5.16 Å². The molecule has 108 valence electrons. The van der Waals surface area contributed by atoms with E-state index in [-0.39, 0.29) is 0 Å². The van der Waals surface area contributed by atoms with Crippen LogP contribution >= 0.6 is 11.8 Å². The average Bonchev–Trinajstić information content (AvgIpc) is 3.02. The van der Waals surface area contributed by atoms with Crippen molar-refractivity contribution in [1.29, 1.82) is 5.26 Å². The zero-order chi connectivity index (χ0) is 15.4. The summed E-state index contributed by atoms with van der Waals surface area (Å²) in [5, 5.41) is 21.7. The molecule has 6 heteroatoms. The number of tetrazole rings is 1. The first kappa shape index (κ1) is 14.3. The minimum absolute atomic E-state index is 0.649. The minimum atomic E-state index is 0.649. The van der Waals surface area contributed by atoms with Gasteiger partial charge < -0.3 is 0 Å². The van der Waals surface area contributed by atoms with E-state index in [1.165, 1.54) is 17.3 Å². The van der Waals surface area contributed by atoms with Crippen molar-refractivity contribution in [3.63, 3.8) is 0 Å². The van der Waals surface area contributed by atoms with Crippen molar-refractivity contribution in [2.45, 2.75) is 17.8 Å². The second kappa shape index (κ2) is 6.41. The van der Waals surface area contributed by atoms with Gasteiger partial charge in [0.15, 0.2) is 0 Å². The fourth-order valence-electron chi connectivity index (χ4n) is 2.01. The molecule has 0 radical (unpaired) electrons. The minimum Gasteiger partial charge on any atom is -0.192 e. The van der Waals surface area contributed by atoms with Crippen LogP contribution in [0.15, 0.2) is 53.7 Å². The molecule has 0 unspecified atom stereocenters. The lowest BCUT2D eigenvalue weighted by Gasteiger charge is -2.05. The van der Waals surface area contributed by atoms with Crippen LogP contribution in [0.5, 0.6) is 0 Å². The van der Waals surface area contributed by atoms with E-state index in [0.29, 0.717) is 16.5 Å². The predicted molar refractivity (Wildman–Crippen MR) is 84.6 cm³/mol. The van der Waals surface area contributed by atoms with Gasteiger partial charge in [-0.25, -0.2) is 0 Å². The highest BCUT2D eigenvalue weighted by atomic mass is 32.2. The van der Waals surface area contributed by atoms with Crippen LogP contribution in [0.3, 0.4) is 0 Å². The van der Waals surface area contributed by atoms with E-state index in [1.54, 1.807) is 4.68 Å². The highest BCUT2D eigenvalue weighted by molar-refractivity contribution is 7.98. The standard InChI is InChI=1S/C16H13N5S/c1-12-6-8-15(9-7-12)21-16(18-19-20-21)22-11-14-5-3-2-4-13(14)10-17/h2-9H,11H2,1H3. The van der Waals surface area contributed by atoms with Crippen LogP contribution in [0.4, 0.5) is 0 Å². The van der Waals surface area contributed by atoms with Crippen molar-refractivity contribution >= 4 is 11.8 Å². The zero-order valence-electron chi connectivity index (χ0n) is 12.0. The third-order valence-electron chi connectivity index (χ3n) is 3.21. The number of hydrogen-bond acceptors (Lipinski definition) is 5. The molecule has 0 saturated heterocycles. The van der Waals surface area contributed by atoms with Gasteiger partial charge in [0.1, 0.15) is 0 Å². The normalized spacial score (nSPS) is 10.4. The molecule has 0 amide bonds. The Morgan fingerprint density at radius 1 is 1.14 bits per heavy atom. The Bertz CT molecular complexity index is 817. The summed E-state index contributed by atoms with van der Waals surface area (Å²) >= 11 is 1.51. The van der Waals surface area contributed by atoms with Crippen LogP contribution in [-0.4, -0.2) is 20.2 Å². The molecular weight excluding hydrogens is 294 g/mol. The summed E-state index contributed by atoms with van der Waals surface area (Å²) in [6.07, 6.45) is 0. The summed E-state index contributed by atoms with van der Waals surface area (Å²) in [4.78, 5) is 0. The van der Waals surface area contributed by atoms with Gasteiger partial charge in [-0.15, -0.1) is 5.10 Å². The largest absolute Gasteiger partial charge is 0.214 e. The molecule has 0 aliphatic heterocycles. The highest BCUT2D eigenvalue weighted by Gasteiger charge is 2.10. The van der Waals surface area contributed by atoms with Crippen LogP contribution in [0.25, 0.3) is 5.69 Å².